The number of rotatable bonds is 10. The first-order valence-corrected chi connectivity index (χ1v) is 13.3. The van der Waals surface area contributed by atoms with Gasteiger partial charge in [0, 0.05) is 26.0 Å². The van der Waals surface area contributed by atoms with Crippen molar-refractivity contribution in [1.82, 2.24) is 0 Å². The molecule has 1 saturated carbocycles. The van der Waals surface area contributed by atoms with Crippen molar-refractivity contribution < 1.29 is 33.6 Å². The van der Waals surface area contributed by atoms with E-state index in [9.17, 15) is 14.7 Å². The number of methoxy groups -OCH3 is 1. The molecule has 1 spiro atoms. The summed E-state index contributed by atoms with van der Waals surface area (Å²) in [7, 11) is 1.53. The number of carbonyl (C=O) groups excluding carboxylic acids is 2. The highest BCUT2D eigenvalue weighted by Gasteiger charge is 2.70. The fourth-order valence-corrected chi connectivity index (χ4v) is 6.56. The number of aliphatic hydroxyl groups excluding tert-OH is 1. The lowest BCUT2D eigenvalue weighted by atomic mass is 9.45. The number of allylic oxidation sites excluding steroid dienone is 3. The molecule has 0 aromatic heterocycles. The standard InChI is InChI=1S/C29H44O7/c1-8-10-11-12-25(32)35-21-16-22-26(33-7)36-27(34-20(5)30)29(22)23(17-21)28(6,14-13-18(3)9-2)19(4)15-24(29)31/h9,13,16,19,21,23-24,26-27,31H,2,8,10-12,14-15,17H2,1,3-7H3/b18-13-/t19-,21+,23+,24+,26+,27-,28-,29-/m1/s1. The number of carbonyl (C=O) groups is 2. The van der Waals surface area contributed by atoms with E-state index in [1.165, 1.54) is 14.0 Å². The molecule has 2 aliphatic carbocycles. The molecule has 1 aliphatic heterocycles. The summed E-state index contributed by atoms with van der Waals surface area (Å²) >= 11 is 0. The van der Waals surface area contributed by atoms with E-state index in [0.29, 0.717) is 24.8 Å². The Hall–Kier alpha value is -1.96. The average Bonchev–Trinajstić information content (AvgIpc) is 3.14. The van der Waals surface area contributed by atoms with Crippen molar-refractivity contribution in [2.45, 2.75) is 104 Å². The first kappa shape index (κ1) is 28.6. The van der Waals surface area contributed by atoms with Gasteiger partial charge >= 0.3 is 11.9 Å². The number of aliphatic hydroxyl groups is 1. The molecule has 1 heterocycles. The second-order valence-corrected chi connectivity index (χ2v) is 11.0. The van der Waals surface area contributed by atoms with Gasteiger partial charge in [0.25, 0.3) is 0 Å². The molecule has 8 atom stereocenters. The van der Waals surface area contributed by atoms with Gasteiger partial charge in [0.15, 0.2) is 6.29 Å². The summed E-state index contributed by atoms with van der Waals surface area (Å²) in [6, 6.07) is 0. The summed E-state index contributed by atoms with van der Waals surface area (Å²) in [5, 5.41) is 11.7. The molecule has 2 fully saturated rings. The Balaban J connectivity index is 2.10. The highest BCUT2D eigenvalue weighted by Crippen LogP contribution is 2.67. The number of unbranched alkanes of at least 4 members (excludes halogenated alkanes) is 2. The monoisotopic (exact) mass is 504 g/mol. The van der Waals surface area contributed by atoms with Gasteiger partial charge in [-0.25, -0.2) is 0 Å². The van der Waals surface area contributed by atoms with Gasteiger partial charge in [0.05, 0.1) is 11.5 Å². The molecular formula is C29H44O7. The Bertz CT molecular complexity index is 892. The zero-order chi connectivity index (χ0) is 26.7. The van der Waals surface area contributed by atoms with Crippen LogP contribution in [-0.4, -0.2) is 48.9 Å². The minimum atomic E-state index is -0.997. The number of esters is 2. The highest BCUT2D eigenvalue weighted by atomic mass is 16.8. The van der Waals surface area contributed by atoms with Crippen LogP contribution in [0.4, 0.5) is 0 Å². The average molecular weight is 505 g/mol. The van der Waals surface area contributed by atoms with Crippen molar-refractivity contribution in [3.8, 4) is 0 Å². The molecule has 0 aromatic carbocycles. The summed E-state index contributed by atoms with van der Waals surface area (Å²) in [5.74, 6) is -0.758. The summed E-state index contributed by atoms with van der Waals surface area (Å²) in [4.78, 5) is 24.8. The summed E-state index contributed by atoms with van der Waals surface area (Å²) < 4.78 is 23.5. The van der Waals surface area contributed by atoms with Gasteiger partial charge < -0.3 is 24.1 Å². The van der Waals surface area contributed by atoms with Crippen LogP contribution >= 0.6 is 0 Å². The van der Waals surface area contributed by atoms with E-state index < -0.39 is 36.2 Å². The van der Waals surface area contributed by atoms with Crippen LogP contribution in [-0.2, 0) is 28.5 Å². The second kappa shape index (κ2) is 11.6. The van der Waals surface area contributed by atoms with Crippen molar-refractivity contribution in [2.75, 3.05) is 7.11 Å². The van der Waals surface area contributed by atoms with Crippen molar-refractivity contribution in [1.29, 1.82) is 0 Å². The molecule has 36 heavy (non-hydrogen) atoms. The van der Waals surface area contributed by atoms with Crippen LogP contribution in [0.2, 0.25) is 0 Å². The predicted octanol–water partition coefficient (Wildman–Crippen LogP) is 5.23. The zero-order valence-corrected chi connectivity index (χ0v) is 22.7. The Morgan fingerprint density at radius 1 is 1.25 bits per heavy atom. The third kappa shape index (κ3) is 5.20. The van der Waals surface area contributed by atoms with Crippen molar-refractivity contribution in [3.63, 3.8) is 0 Å². The largest absolute Gasteiger partial charge is 0.458 e. The highest BCUT2D eigenvalue weighted by molar-refractivity contribution is 5.69. The fraction of sp³-hybridized carbons (Fsp3) is 0.724. The second-order valence-electron chi connectivity index (χ2n) is 11.0. The molecule has 0 bridgehead atoms. The van der Waals surface area contributed by atoms with Crippen LogP contribution in [0.15, 0.2) is 36.0 Å². The SMILES string of the molecule is C=C/C(C)=C\C[C@]1(C)[C@H](C)C[C@H](O)[C@@]23C(=C[C@H](OC(=O)CCCCC)C[C@@H]12)[C@@H](OC)O[C@H]3OC(C)=O. The van der Waals surface area contributed by atoms with E-state index in [2.05, 4.69) is 33.4 Å². The minimum absolute atomic E-state index is 0.150. The Kier molecular flexibility index (Phi) is 9.23. The molecule has 7 nitrogen and oxygen atoms in total. The van der Waals surface area contributed by atoms with E-state index in [1.807, 2.05) is 19.1 Å². The van der Waals surface area contributed by atoms with Crippen LogP contribution in [0.1, 0.15) is 79.6 Å². The van der Waals surface area contributed by atoms with E-state index in [1.54, 1.807) is 0 Å². The number of ether oxygens (including phenoxy) is 4. The van der Waals surface area contributed by atoms with Crippen LogP contribution < -0.4 is 0 Å². The molecule has 1 N–H and O–H groups in total. The third-order valence-corrected chi connectivity index (χ3v) is 8.79. The van der Waals surface area contributed by atoms with Gasteiger partial charge in [0.1, 0.15) is 6.10 Å². The van der Waals surface area contributed by atoms with Crippen molar-refractivity contribution in [2.24, 2.45) is 22.7 Å². The Morgan fingerprint density at radius 2 is 1.97 bits per heavy atom. The lowest BCUT2D eigenvalue weighted by Crippen LogP contribution is -2.63. The summed E-state index contributed by atoms with van der Waals surface area (Å²) in [6.07, 6.45) is 7.70. The Morgan fingerprint density at radius 3 is 2.58 bits per heavy atom. The lowest BCUT2D eigenvalue weighted by molar-refractivity contribution is -0.254. The lowest BCUT2D eigenvalue weighted by Gasteiger charge is -2.60. The molecule has 0 unspecified atom stereocenters. The number of hydrogen-bond donors (Lipinski definition) is 1. The van der Waals surface area contributed by atoms with E-state index >= 15 is 0 Å². The van der Waals surface area contributed by atoms with Crippen LogP contribution in [0.25, 0.3) is 0 Å². The first-order chi connectivity index (χ1) is 17.0. The molecule has 0 radical (unpaired) electrons. The molecule has 3 aliphatic rings. The first-order valence-electron chi connectivity index (χ1n) is 13.3. The third-order valence-electron chi connectivity index (χ3n) is 8.79. The summed E-state index contributed by atoms with van der Waals surface area (Å²) in [5.41, 5.74) is 0.478. The molecule has 0 aromatic rings. The van der Waals surface area contributed by atoms with Crippen molar-refractivity contribution >= 4 is 11.9 Å². The zero-order valence-electron chi connectivity index (χ0n) is 22.7. The smallest absolute Gasteiger partial charge is 0.306 e. The van der Waals surface area contributed by atoms with Crippen molar-refractivity contribution in [3.05, 3.63) is 36.0 Å². The van der Waals surface area contributed by atoms with Gasteiger partial charge in [-0.05, 0) is 55.9 Å². The van der Waals surface area contributed by atoms with Gasteiger partial charge in [-0.15, -0.1) is 0 Å². The molecule has 7 heteroatoms. The molecule has 1 saturated heterocycles. The number of hydrogen-bond acceptors (Lipinski definition) is 7. The Labute approximate surface area is 215 Å². The molecular weight excluding hydrogens is 460 g/mol. The van der Waals surface area contributed by atoms with E-state index in [4.69, 9.17) is 18.9 Å². The van der Waals surface area contributed by atoms with Crippen LogP contribution in [0.5, 0.6) is 0 Å². The maximum absolute atomic E-state index is 12.7. The van der Waals surface area contributed by atoms with Gasteiger partial charge in [-0.1, -0.05) is 57.9 Å². The van der Waals surface area contributed by atoms with E-state index in [-0.39, 0.29) is 23.2 Å². The van der Waals surface area contributed by atoms with E-state index in [0.717, 1.165) is 31.3 Å². The quantitative estimate of drug-likeness (QED) is 0.188. The normalized spacial score (nSPS) is 38.0. The molecule has 3 rings (SSSR count). The van der Waals surface area contributed by atoms with Gasteiger partial charge in [0.2, 0.25) is 6.29 Å². The fourth-order valence-electron chi connectivity index (χ4n) is 6.56. The predicted molar refractivity (Wildman–Crippen MR) is 137 cm³/mol. The van der Waals surface area contributed by atoms with Gasteiger partial charge in [-0.3, -0.25) is 9.59 Å². The maximum Gasteiger partial charge on any atom is 0.306 e. The van der Waals surface area contributed by atoms with Crippen LogP contribution in [0, 0.1) is 22.7 Å². The maximum atomic E-state index is 12.7. The molecule has 202 valence electrons. The topological polar surface area (TPSA) is 91.3 Å². The van der Waals surface area contributed by atoms with Crippen LogP contribution in [0.3, 0.4) is 0 Å². The summed E-state index contributed by atoms with van der Waals surface area (Å²) in [6.45, 7) is 13.7. The minimum Gasteiger partial charge on any atom is -0.458 e. The van der Waals surface area contributed by atoms with Gasteiger partial charge in [-0.2, -0.15) is 0 Å². The molecule has 0 amide bonds.